The Morgan fingerprint density at radius 2 is 2.20 bits per heavy atom. The Labute approximate surface area is 91.3 Å². The predicted octanol–water partition coefficient (Wildman–Crippen LogP) is 1.05. The van der Waals surface area contributed by atoms with Gasteiger partial charge in [0.1, 0.15) is 0 Å². The van der Waals surface area contributed by atoms with Gasteiger partial charge in [0.2, 0.25) is 0 Å². The van der Waals surface area contributed by atoms with E-state index in [9.17, 15) is 0 Å². The summed E-state index contributed by atoms with van der Waals surface area (Å²) in [7, 11) is 0. The normalized spacial score (nSPS) is 19.3. The minimum absolute atomic E-state index is 0.430. The third-order valence-corrected chi connectivity index (χ3v) is 3.07. The maximum Gasteiger partial charge on any atom is 0.0300 e. The second-order valence-corrected chi connectivity index (χ2v) is 4.29. The predicted molar refractivity (Wildman–Crippen MR) is 61.6 cm³/mol. The van der Waals surface area contributed by atoms with Crippen LogP contribution in [0.2, 0.25) is 0 Å². The first-order valence-electron chi connectivity index (χ1n) is 5.71. The van der Waals surface area contributed by atoms with Gasteiger partial charge in [-0.15, -0.1) is 0 Å². The molecule has 3 nitrogen and oxygen atoms in total. The van der Waals surface area contributed by atoms with Gasteiger partial charge in [0.25, 0.3) is 0 Å². The van der Waals surface area contributed by atoms with Crippen molar-refractivity contribution in [3.8, 4) is 0 Å². The number of nitrogens with zero attached hydrogens (tertiary/aromatic N) is 2. The average molecular weight is 205 g/mol. The van der Waals surface area contributed by atoms with E-state index in [4.69, 9.17) is 5.73 Å². The van der Waals surface area contributed by atoms with Crippen LogP contribution in [0.5, 0.6) is 0 Å². The molecule has 3 heteroatoms. The topological polar surface area (TPSA) is 42.1 Å². The third kappa shape index (κ3) is 3.29. The SMILES string of the molecule is NC1CCN(CCc2cccnc2)CC1. The summed E-state index contributed by atoms with van der Waals surface area (Å²) in [6.07, 6.45) is 7.17. The first-order chi connectivity index (χ1) is 7.34. The zero-order chi connectivity index (χ0) is 10.5. The number of hydrogen-bond acceptors (Lipinski definition) is 3. The molecule has 1 aliphatic heterocycles. The first-order valence-corrected chi connectivity index (χ1v) is 5.71. The van der Waals surface area contributed by atoms with Crippen LogP contribution in [0.4, 0.5) is 0 Å². The lowest BCUT2D eigenvalue weighted by Crippen LogP contribution is -2.40. The number of rotatable bonds is 3. The minimum atomic E-state index is 0.430. The van der Waals surface area contributed by atoms with E-state index in [1.54, 1.807) is 0 Å². The van der Waals surface area contributed by atoms with Crippen molar-refractivity contribution >= 4 is 0 Å². The van der Waals surface area contributed by atoms with Crippen molar-refractivity contribution in [2.24, 2.45) is 5.73 Å². The van der Waals surface area contributed by atoms with E-state index in [-0.39, 0.29) is 0 Å². The summed E-state index contributed by atoms with van der Waals surface area (Å²) < 4.78 is 0. The summed E-state index contributed by atoms with van der Waals surface area (Å²) in [6, 6.07) is 4.57. The molecule has 82 valence electrons. The number of aromatic nitrogens is 1. The highest BCUT2D eigenvalue weighted by Crippen LogP contribution is 2.09. The molecule has 1 aromatic heterocycles. The number of nitrogens with two attached hydrogens (primary N) is 1. The van der Waals surface area contributed by atoms with E-state index >= 15 is 0 Å². The van der Waals surface area contributed by atoms with Crippen LogP contribution in [-0.4, -0.2) is 35.6 Å². The largest absolute Gasteiger partial charge is 0.328 e. The van der Waals surface area contributed by atoms with Crippen LogP contribution in [0, 0.1) is 0 Å². The third-order valence-electron chi connectivity index (χ3n) is 3.07. The second-order valence-electron chi connectivity index (χ2n) is 4.29. The van der Waals surface area contributed by atoms with Crippen molar-refractivity contribution < 1.29 is 0 Å². The Morgan fingerprint density at radius 1 is 1.40 bits per heavy atom. The fraction of sp³-hybridized carbons (Fsp3) is 0.583. The van der Waals surface area contributed by atoms with Gasteiger partial charge < -0.3 is 10.6 Å². The molecule has 1 aliphatic rings. The highest BCUT2D eigenvalue weighted by atomic mass is 15.1. The van der Waals surface area contributed by atoms with Crippen molar-refractivity contribution in [2.45, 2.75) is 25.3 Å². The minimum Gasteiger partial charge on any atom is -0.328 e. The molecule has 15 heavy (non-hydrogen) atoms. The molecule has 0 unspecified atom stereocenters. The van der Waals surface area contributed by atoms with E-state index in [0.717, 1.165) is 38.9 Å². The maximum atomic E-state index is 5.87. The number of piperidine rings is 1. The molecule has 0 aliphatic carbocycles. The highest BCUT2D eigenvalue weighted by Gasteiger charge is 2.15. The van der Waals surface area contributed by atoms with Gasteiger partial charge in [-0.05, 0) is 44.0 Å². The van der Waals surface area contributed by atoms with E-state index in [0.29, 0.717) is 6.04 Å². The lowest BCUT2D eigenvalue weighted by molar-refractivity contribution is 0.215. The molecule has 1 saturated heterocycles. The van der Waals surface area contributed by atoms with E-state index in [2.05, 4.69) is 16.0 Å². The lowest BCUT2D eigenvalue weighted by Gasteiger charge is -2.29. The molecule has 0 saturated carbocycles. The zero-order valence-corrected chi connectivity index (χ0v) is 9.10. The average Bonchev–Trinajstić information content (AvgIpc) is 2.30. The van der Waals surface area contributed by atoms with Gasteiger partial charge in [0, 0.05) is 25.0 Å². The van der Waals surface area contributed by atoms with Crippen LogP contribution in [0.3, 0.4) is 0 Å². The Kier molecular flexibility index (Phi) is 3.69. The monoisotopic (exact) mass is 205 g/mol. The zero-order valence-electron chi connectivity index (χ0n) is 9.10. The molecule has 1 aromatic rings. The molecule has 0 amide bonds. The van der Waals surface area contributed by atoms with Crippen LogP contribution in [0.15, 0.2) is 24.5 Å². The van der Waals surface area contributed by atoms with Crippen LogP contribution in [0.25, 0.3) is 0 Å². The summed E-state index contributed by atoms with van der Waals surface area (Å²) in [5.41, 5.74) is 7.19. The molecule has 2 rings (SSSR count). The molecule has 0 bridgehead atoms. The first kappa shape index (κ1) is 10.6. The molecule has 0 aromatic carbocycles. The maximum absolute atomic E-state index is 5.87. The second kappa shape index (κ2) is 5.24. The summed E-state index contributed by atoms with van der Waals surface area (Å²) in [6.45, 7) is 3.45. The summed E-state index contributed by atoms with van der Waals surface area (Å²) >= 11 is 0. The fourth-order valence-electron chi connectivity index (χ4n) is 2.01. The Balaban J connectivity index is 1.74. The Bertz CT molecular complexity index is 278. The van der Waals surface area contributed by atoms with Gasteiger partial charge in [-0.2, -0.15) is 0 Å². The lowest BCUT2D eigenvalue weighted by atomic mass is 10.1. The van der Waals surface area contributed by atoms with Gasteiger partial charge in [0.15, 0.2) is 0 Å². The van der Waals surface area contributed by atoms with Crippen molar-refractivity contribution in [3.63, 3.8) is 0 Å². The van der Waals surface area contributed by atoms with Crippen LogP contribution >= 0.6 is 0 Å². The molecule has 1 fully saturated rings. The highest BCUT2D eigenvalue weighted by molar-refractivity contribution is 5.08. The van der Waals surface area contributed by atoms with Gasteiger partial charge in [-0.3, -0.25) is 4.98 Å². The quantitative estimate of drug-likeness (QED) is 0.802. The van der Waals surface area contributed by atoms with Crippen molar-refractivity contribution in [3.05, 3.63) is 30.1 Å². The van der Waals surface area contributed by atoms with E-state index in [1.807, 2.05) is 18.5 Å². The molecule has 0 radical (unpaired) electrons. The molecule has 2 N–H and O–H groups in total. The van der Waals surface area contributed by atoms with Crippen LogP contribution in [-0.2, 0) is 6.42 Å². The summed E-state index contributed by atoms with van der Waals surface area (Å²) in [4.78, 5) is 6.62. The Morgan fingerprint density at radius 3 is 2.87 bits per heavy atom. The molecule has 0 spiro atoms. The van der Waals surface area contributed by atoms with Gasteiger partial charge >= 0.3 is 0 Å². The van der Waals surface area contributed by atoms with Gasteiger partial charge in [0.05, 0.1) is 0 Å². The van der Waals surface area contributed by atoms with E-state index in [1.165, 1.54) is 5.56 Å². The summed E-state index contributed by atoms with van der Waals surface area (Å²) in [5.74, 6) is 0. The van der Waals surface area contributed by atoms with Crippen LogP contribution in [0.1, 0.15) is 18.4 Å². The number of pyridine rings is 1. The fourth-order valence-corrected chi connectivity index (χ4v) is 2.01. The molecular weight excluding hydrogens is 186 g/mol. The molecular formula is C12H19N3. The molecule has 0 atom stereocenters. The van der Waals surface area contributed by atoms with Crippen molar-refractivity contribution in [1.29, 1.82) is 0 Å². The number of likely N-dealkylation sites (tertiary alicyclic amines) is 1. The van der Waals surface area contributed by atoms with E-state index < -0.39 is 0 Å². The van der Waals surface area contributed by atoms with Crippen LogP contribution < -0.4 is 5.73 Å². The smallest absolute Gasteiger partial charge is 0.0300 e. The molecule has 2 heterocycles. The van der Waals surface area contributed by atoms with Gasteiger partial charge in [-0.25, -0.2) is 0 Å². The van der Waals surface area contributed by atoms with Crippen molar-refractivity contribution in [2.75, 3.05) is 19.6 Å². The van der Waals surface area contributed by atoms with Gasteiger partial charge in [-0.1, -0.05) is 6.07 Å². The van der Waals surface area contributed by atoms with Crippen molar-refractivity contribution in [1.82, 2.24) is 9.88 Å². The number of hydrogen-bond donors (Lipinski definition) is 1. The standard InChI is InChI=1S/C12H19N3/c13-12-4-8-15(9-5-12)7-3-11-2-1-6-14-10-11/h1-2,6,10,12H,3-5,7-9,13H2. The summed E-state index contributed by atoms with van der Waals surface area (Å²) in [5, 5.41) is 0. The Hall–Kier alpha value is -0.930.